The SMILES string of the molecule is CCn1c(=O)[nH]c2cc(C(=O)NCC(CC(C)C)C(=O)O)ccc2c1=O. The Morgan fingerprint density at radius 3 is 2.54 bits per heavy atom. The molecule has 1 amide bonds. The maximum Gasteiger partial charge on any atom is 0.328 e. The van der Waals surface area contributed by atoms with E-state index in [4.69, 9.17) is 0 Å². The number of carboxylic acids is 1. The molecule has 0 radical (unpaired) electrons. The molecule has 0 bridgehead atoms. The normalized spacial score (nSPS) is 12.3. The smallest absolute Gasteiger partial charge is 0.328 e. The minimum Gasteiger partial charge on any atom is -0.481 e. The average Bonchev–Trinajstić information content (AvgIpc) is 2.57. The van der Waals surface area contributed by atoms with E-state index < -0.39 is 29.0 Å². The number of carbonyl (C=O) groups is 2. The summed E-state index contributed by atoms with van der Waals surface area (Å²) in [7, 11) is 0. The van der Waals surface area contributed by atoms with E-state index in [1.54, 1.807) is 6.92 Å². The van der Waals surface area contributed by atoms with Crippen LogP contribution in [0.5, 0.6) is 0 Å². The van der Waals surface area contributed by atoms with E-state index in [0.717, 1.165) is 4.57 Å². The van der Waals surface area contributed by atoms with Crippen LogP contribution >= 0.6 is 0 Å². The zero-order chi connectivity index (χ0) is 19.4. The quantitative estimate of drug-likeness (QED) is 0.684. The third kappa shape index (κ3) is 4.19. The number of hydrogen-bond donors (Lipinski definition) is 3. The lowest BCUT2D eigenvalue weighted by molar-refractivity contribution is -0.142. The molecule has 1 atom stereocenters. The second kappa shape index (κ2) is 7.99. The molecule has 140 valence electrons. The van der Waals surface area contributed by atoms with Crippen molar-refractivity contribution in [3.63, 3.8) is 0 Å². The number of amides is 1. The van der Waals surface area contributed by atoms with Gasteiger partial charge in [0.1, 0.15) is 0 Å². The number of carbonyl (C=O) groups excluding carboxylic acids is 1. The lowest BCUT2D eigenvalue weighted by atomic mass is 9.97. The molecule has 8 nitrogen and oxygen atoms in total. The fraction of sp³-hybridized carbons (Fsp3) is 0.444. The van der Waals surface area contributed by atoms with Crippen molar-refractivity contribution in [3.8, 4) is 0 Å². The maximum atomic E-state index is 12.3. The minimum absolute atomic E-state index is 0.0122. The van der Waals surface area contributed by atoms with Gasteiger partial charge in [0.2, 0.25) is 0 Å². The van der Waals surface area contributed by atoms with Gasteiger partial charge in [-0.1, -0.05) is 13.8 Å². The van der Waals surface area contributed by atoms with Crippen molar-refractivity contribution in [1.82, 2.24) is 14.9 Å². The summed E-state index contributed by atoms with van der Waals surface area (Å²) >= 11 is 0. The summed E-state index contributed by atoms with van der Waals surface area (Å²) in [6, 6.07) is 4.39. The molecule has 1 aromatic carbocycles. The first kappa shape index (κ1) is 19.4. The van der Waals surface area contributed by atoms with Crippen LogP contribution in [0.3, 0.4) is 0 Å². The van der Waals surface area contributed by atoms with E-state index in [1.807, 2.05) is 13.8 Å². The number of aromatic nitrogens is 2. The molecule has 0 aliphatic rings. The maximum absolute atomic E-state index is 12.3. The van der Waals surface area contributed by atoms with Crippen molar-refractivity contribution >= 4 is 22.8 Å². The van der Waals surface area contributed by atoms with E-state index in [2.05, 4.69) is 10.3 Å². The summed E-state index contributed by atoms with van der Waals surface area (Å²) < 4.78 is 1.07. The fourth-order valence-electron chi connectivity index (χ4n) is 2.84. The molecule has 0 spiro atoms. The Labute approximate surface area is 149 Å². The standard InChI is InChI=1S/C18H23N3O5/c1-4-21-16(23)13-6-5-11(8-14(13)20-18(21)26)15(22)19-9-12(17(24)25)7-10(2)3/h5-6,8,10,12H,4,7,9H2,1-3H3,(H,19,22)(H,20,26)(H,24,25). The molecule has 3 N–H and O–H groups in total. The van der Waals surface area contributed by atoms with Gasteiger partial charge in [-0.2, -0.15) is 0 Å². The Hall–Kier alpha value is -2.90. The number of carboxylic acid groups (broad SMARTS) is 1. The van der Waals surface area contributed by atoms with Crippen LogP contribution in [0.25, 0.3) is 10.9 Å². The van der Waals surface area contributed by atoms with Crippen LogP contribution in [0.1, 0.15) is 37.6 Å². The highest BCUT2D eigenvalue weighted by Crippen LogP contribution is 2.12. The Morgan fingerprint density at radius 1 is 1.27 bits per heavy atom. The highest BCUT2D eigenvalue weighted by atomic mass is 16.4. The van der Waals surface area contributed by atoms with E-state index in [0.29, 0.717) is 11.8 Å². The first-order valence-electron chi connectivity index (χ1n) is 8.52. The van der Waals surface area contributed by atoms with Gasteiger partial charge in [0.15, 0.2) is 0 Å². The van der Waals surface area contributed by atoms with Gasteiger partial charge in [-0.05, 0) is 37.5 Å². The van der Waals surface area contributed by atoms with E-state index >= 15 is 0 Å². The van der Waals surface area contributed by atoms with E-state index in [-0.39, 0.29) is 30.1 Å². The Balaban J connectivity index is 2.24. The van der Waals surface area contributed by atoms with Crippen molar-refractivity contribution < 1.29 is 14.7 Å². The zero-order valence-corrected chi connectivity index (χ0v) is 15.0. The number of fused-ring (bicyclic) bond motifs is 1. The molecule has 0 aliphatic heterocycles. The topological polar surface area (TPSA) is 121 Å². The van der Waals surface area contributed by atoms with Crippen LogP contribution in [0, 0.1) is 11.8 Å². The second-order valence-electron chi connectivity index (χ2n) is 6.61. The highest BCUT2D eigenvalue weighted by Gasteiger charge is 2.20. The monoisotopic (exact) mass is 361 g/mol. The number of H-pyrrole nitrogens is 1. The Bertz CT molecular complexity index is 942. The minimum atomic E-state index is -0.957. The molecule has 0 saturated heterocycles. The zero-order valence-electron chi connectivity index (χ0n) is 15.0. The second-order valence-corrected chi connectivity index (χ2v) is 6.61. The lowest BCUT2D eigenvalue weighted by Crippen LogP contribution is -2.35. The predicted molar refractivity (Wildman–Crippen MR) is 97.4 cm³/mol. The number of benzene rings is 1. The molecule has 1 heterocycles. The number of rotatable bonds is 7. The summed E-state index contributed by atoms with van der Waals surface area (Å²) in [6.45, 7) is 5.79. The molecule has 2 rings (SSSR count). The number of aliphatic carboxylic acids is 1. The molecule has 2 aromatic rings. The lowest BCUT2D eigenvalue weighted by Gasteiger charge is -2.15. The van der Waals surface area contributed by atoms with Gasteiger partial charge in [0, 0.05) is 18.7 Å². The highest BCUT2D eigenvalue weighted by molar-refractivity contribution is 5.97. The van der Waals surface area contributed by atoms with Crippen LogP contribution in [0.15, 0.2) is 27.8 Å². The summed E-state index contributed by atoms with van der Waals surface area (Å²) in [5.41, 5.74) is -0.434. The number of nitrogens with zero attached hydrogens (tertiary/aromatic N) is 1. The first-order valence-corrected chi connectivity index (χ1v) is 8.52. The van der Waals surface area contributed by atoms with Crippen molar-refractivity contribution in [2.24, 2.45) is 11.8 Å². The van der Waals surface area contributed by atoms with Crippen LogP contribution in [0.4, 0.5) is 0 Å². The van der Waals surface area contributed by atoms with Crippen LogP contribution in [-0.2, 0) is 11.3 Å². The molecule has 0 aliphatic carbocycles. The van der Waals surface area contributed by atoms with Gasteiger partial charge in [0.25, 0.3) is 11.5 Å². The van der Waals surface area contributed by atoms with Crippen molar-refractivity contribution in [3.05, 3.63) is 44.6 Å². The summed E-state index contributed by atoms with van der Waals surface area (Å²) in [4.78, 5) is 50.3. The third-order valence-electron chi connectivity index (χ3n) is 4.17. The van der Waals surface area contributed by atoms with Gasteiger partial charge in [-0.15, -0.1) is 0 Å². The molecule has 8 heteroatoms. The summed E-state index contributed by atoms with van der Waals surface area (Å²) in [5, 5.41) is 12.1. The van der Waals surface area contributed by atoms with Crippen molar-refractivity contribution in [2.75, 3.05) is 6.54 Å². The molecular formula is C18H23N3O5. The first-order chi connectivity index (χ1) is 12.2. The van der Waals surface area contributed by atoms with E-state index in [9.17, 15) is 24.3 Å². The van der Waals surface area contributed by atoms with Crippen molar-refractivity contribution in [1.29, 1.82) is 0 Å². The average molecular weight is 361 g/mol. The molecule has 0 saturated carbocycles. The molecule has 1 unspecified atom stereocenters. The summed E-state index contributed by atoms with van der Waals surface area (Å²) in [6.07, 6.45) is 0.456. The van der Waals surface area contributed by atoms with Gasteiger partial charge in [-0.25, -0.2) is 4.79 Å². The number of hydrogen-bond acceptors (Lipinski definition) is 4. The fourth-order valence-corrected chi connectivity index (χ4v) is 2.84. The van der Waals surface area contributed by atoms with Gasteiger partial charge in [0.05, 0.1) is 16.8 Å². The van der Waals surface area contributed by atoms with Gasteiger partial charge < -0.3 is 15.4 Å². The van der Waals surface area contributed by atoms with Crippen LogP contribution in [-0.4, -0.2) is 33.1 Å². The number of aromatic amines is 1. The molecule has 1 aromatic heterocycles. The Morgan fingerprint density at radius 2 is 1.96 bits per heavy atom. The molecule has 0 fully saturated rings. The molecule has 26 heavy (non-hydrogen) atoms. The number of nitrogens with one attached hydrogen (secondary N) is 2. The predicted octanol–water partition coefficient (Wildman–Crippen LogP) is 1.19. The summed E-state index contributed by atoms with van der Waals surface area (Å²) in [5.74, 6) is -1.89. The molecular weight excluding hydrogens is 338 g/mol. The largest absolute Gasteiger partial charge is 0.481 e. The van der Waals surface area contributed by atoms with Gasteiger partial charge >= 0.3 is 11.7 Å². The van der Waals surface area contributed by atoms with Gasteiger partial charge in [-0.3, -0.25) is 19.0 Å². The van der Waals surface area contributed by atoms with E-state index in [1.165, 1.54) is 18.2 Å². The van der Waals surface area contributed by atoms with Crippen LogP contribution in [0.2, 0.25) is 0 Å². The van der Waals surface area contributed by atoms with Crippen molar-refractivity contribution in [2.45, 2.75) is 33.7 Å². The van der Waals surface area contributed by atoms with Crippen LogP contribution < -0.4 is 16.6 Å². The Kier molecular flexibility index (Phi) is 5.97. The third-order valence-corrected chi connectivity index (χ3v) is 4.17.